The van der Waals surface area contributed by atoms with Crippen molar-refractivity contribution in [2.75, 3.05) is 11.1 Å². The summed E-state index contributed by atoms with van der Waals surface area (Å²) in [6, 6.07) is 27.1. The van der Waals surface area contributed by atoms with Crippen LogP contribution in [-0.4, -0.2) is 31.5 Å². The fourth-order valence-corrected chi connectivity index (χ4v) is 4.81. The molecule has 0 saturated carbocycles. The molecular weight excluding hydrogens is 456 g/mol. The minimum atomic E-state index is -0.135. The summed E-state index contributed by atoms with van der Waals surface area (Å²) in [5.74, 6) is 0.671. The van der Waals surface area contributed by atoms with Gasteiger partial charge in [0.1, 0.15) is 5.75 Å². The van der Waals surface area contributed by atoms with Crippen molar-refractivity contribution < 1.29 is 9.90 Å². The van der Waals surface area contributed by atoms with Crippen molar-refractivity contribution in [1.29, 1.82) is 0 Å². The number of carbonyl (C=O) groups is 1. The predicted octanol–water partition coefficient (Wildman–Crippen LogP) is 6.14. The number of phenolic OH excluding ortho intramolecular Hbond substituents is 1. The van der Waals surface area contributed by atoms with Crippen LogP contribution < -0.4 is 5.32 Å². The van der Waals surface area contributed by atoms with E-state index in [-0.39, 0.29) is 17.4 Å². The molecule has 6 nitrogen and oxygen atoms in total. The first-order valence-corrected chi connectivity index (χ1v) is 12.2. The van der Waals surface area contributed by atoms with Crippen LogP contribution in [0.2, 0.25) is 0 Å². The predicted molar refractivity (Wildman–Crippen MR) is 141 cm³/mol. The third-order valence-electron chi connectivity index (χ3n) is 5.74. The fourth-order valence-electron chi connectivity index (χ4n) is 4.07. The van der Waals surface area contributed by atoms with Crippen molar-refractivity contribution in [2.45, 2.75) is 19.0 Å². The molecule has 4 aromatic carbocycles. The van der Waals surface area contributed by atoms with Crippen LogP contribution in [0.15, 0.2) is 90.1 Å². The summed E-state index contributed by atoms with van der Waals surface area (Å²) in [6.07, 6.45) is 0. The van der Waals surface area contributed by atoms with Crippen LogP contribution in [0, 0.1) is 13.8 Å². The summed E-state index contributed by atoms with van der Waals surface area (Å²) in [4.78, 5) is 12.8. The number of anilines is 1. The molecule has 5 aromatic rings. The van der Waals surface area contributed by atoms with Crippen molar-refractivity contribution >= 4 is 34.1 Å². The zero-order valence-electron chi connectivity index (χ0n) is 19.4. The smallest absolute Gasteiger partial charge is 0.234 e. The minimum absolute atomic E-state index is 0.122. The molecule has 7 heteroatoms. The van der Waals surface area contributed by atoms with Crippen molar-refractivity contribution in [3.05, 3.63) is 96.1 Å². The number of aryl methyl sites for hydroxylation is 2. The van der Waals surface area contributed by atoms with Gasteiger partial charge in [0.05, 0.1) is 17.0 Å². The van der Waals surface area contributed by atoms with Gasteiger partial charge in [0.25, 0.3) is 0 Å². The number of amides is 1. The van der Waals surface area contributed by atoms with Gasteiger partial charge < -0.3 is 10.4 Å². The van der Waals surface area contributed by atoms with Crippen LogP contribution in [0.5, 0.6) is 5.75 Å². The lowest BCUT2D eigenvalue weighted by molar-refractivity contribution is -0.113. The number of rotatable bonds is 6. The van der Waals surface area contributed by atoms with Crippen molar-refractivity contribution in [3.63, 3.8) is 0 Å². The first-order valence-electron chi connectivity index (χ1n) is 11.2. The molecular formula is C28H24N4O2S. The number of aromatic hydroxyl groups is 1. The zero-order chi connectivity index (χ0) is 24.4. The molecule has 0 radical (unpaired) electrons. The van der Waals surface area contributed by atoms with Gasteiger partial charge in [-0.05, 0) is 60.5 Å². The van der Waals surface area contributed by atoms with Crippen molar-refractivity contribution in [3.8, 4) is 22.8 Å². The molecule has 0 bridgehead atoms. The Labute approximate surface area is 207 Å². The van der Waals surface area contributed by atoms with Crippen LogP contribution >= 0.6 is 11.8 Å². The van der Waals surface area contributed by atoms with Gasteiger partial charge in [0.15, 0.2) is 11.0 Å². The molecule has 0 fully saturated rings. The van der Waals surface area contributed by atoms with Crippen LogP contribution in [0.1, 0.15) is 11.1 Å². The Kier molecular flexibility index (Phi) is 6.25. The Morgan fingerprint density at radius 3 is 2.49 bits per heavy atom. The lowest BCUT2D eigenvalue weighted by Crippen LogP contribution is -2.14. The third kappa shape index (κ3) is 4.76. The zero-order valence-corrected chi connectivity index (χ0v) is 20.2. The Balaban J connectivity index is 1.43. The SMILES string of the molecule is Cc1ccc(-n2c(SCC(=O)Nc3ccc4ccccc4c3)nnc2-c2ccccc2O)c(C)c1. The molecule has 174 valence electrons. The van der Waals surface area contributed by atoms with E-state index in [1.165, 1.54) is 11.8 Å². The van der Waals surface area contributed by atoms with E-state index in [1.54, 1.807) is 18.2 Å². The van der Waals surface area contributed by atoms with Crippen LogP contribution in [-0.2, 0) is 4.79 Å². The van der Waals surface area contributed by atoms with E-state index in [0.29, 0.717) is 16.5 Å². The minimum Gasteiger partial charge on any atom is -0.507 e. The number of nitrogens with one attached hydrogen (secondary N) is 1. The number of carbonyl (C=O) groups excluding carboxylic acids is 1. The van der Waals surface area contributed by atoms with Crippen LogP contribution in [0.3, 0.4) is 0 Å². The summed E-state index contributed by atoms with van der Waals surface area (Å²) in [5.41, 5.74) is 4.42. The second-order valence-corrected chi connectivity index (χ2v) is 9.29. The first-order chi connectivity index (χ1) is 17.0. The number of nitrogens with zero attached hydrogens (tertiary/aromatic N) is 3. The summed E-state index contributed by atoms with van der Waals surface area (Å²) in [6.45, 7) is 4.07. The van der Waals surface area contributed by atoms with Gasteiger partial charge in [0, 0.05) is 5.69 Å². The molecule has 1 amide bonds. The summed E-state index contributed by atoms with van der Waals surface area (Å²) < 4.78 is 1.90. The van der Waals surface area contributed by atoms with Gasteiger partial charge in [-0.15, -0.1) is 10.2 Å². The molecule has 0 unspecified atom stereocenters. The van der Waals surface area contributed by atoms with E-state index in [4.69, 9.17) is 0 Å². The highest BCUT2D eigenvalue weighted by Gasteiger charge is 2.20. The number of benzene rings is 4. The number of thioether (sulfide) groups is 1. The highest BCUT2D eigenvalue weighted by atomic mass is 32.2. The van der Waals surface area contributed by atoms with Gasteiger partial charge in [-0.2, -0.15) is 0 Å². The van der Waals surface area contributed by atoms with Gasteiger partial charge in [-0.25, -0.2) is 0 Å². The lowest BCUT2D eigenvalue weighted by atomic mass is 10.1. The molecule has 1 heterocycles. The Hall–Kier alpha value is -4.10. The van der Waals surface area contributed by atoms with Crippen molar-refractivity contribution in [1.82, 2.24) is 14.8 Å². The van der Waals surface area contributed by atoms with E-state index < -0.39 is 0 Å². The fraction of sp³-hybridized carbons (Fsp3) is 0.107. The van der Waals surface area contributed by atoms with Gasteiger partial charge in [-0.3, -0.25) is 9.36 Å². The lowest BCUT2D eigenvalue weighted by Gasteiger charge is -2.14. The standard InChI is InChI=1S/C28H24N4O2S/c1-18-11-14-24(19(2)15-18)32-27(23-9-5-6-10-25(23)33)30-31-28(32)35-17-26(34)29-22-13-12-20-7-3-4-8-21(20)16-22/h3-16,33H,17H2,1-2H3,(H,29,34). The summed E-state index contributed by atoms with van der Waals surface area (Å²) in [7, 11) is 0. The molecule has 0 atom stereocenters. The van der Waals surface area contributed by atoms with Crippen molar-refractivity contribution in [2.24, 2.45) is 0 Å². The molecule has 2 N–H and O–H groups in total. The molecule has 5 rings (SSSR count). The highest BCUT2D eigenvalue weighted by Crippen LogP contribution is 2.33. The highest BCUT2D eigenvalue weighted by molar-refractivity contribution is 7.99. The van der Waals surface area contributed by atoms with Gasteiger partial charge in [-0.1, -0.05) is 71.9 Å². The molecule has 0 spiro atoms. The summed E-state index contributed by atoms with van der Waals surface area (Å²) >= 11 is 1.30. The number of para-hydroxylation sites is 1. The molecule has 0 aliphatic rings. The van der Waals surface area contributed by atoms with Gasteiger partial charge >= 0.3 is 0 Å². The first kappa shape index (κ1) is 22.7. The van der Waals surface area contributed by atoms with E-state index in [2.05, 4.69) is 21.6 Å². The topological polar surface area (TPSA) is 80.0 Å². The maximum Gasteiger partial charge on any atom is 0.234 e. The van der Waals surface area contributed by atoms with E-state index >= 15 is 0 Å². The quantitative estimate of drug-likeness (QED) is 0.285. The monoisotopic (exact) mass is 480 g/mol. The second kappa shape index (κ2) is 9.64. The molecule has 0 aliphatic carbocycles. The van der Waals surface area contributed by atoms with E-state index in [1.807, 2.05) is 79.1 Å². The average Bonchev–Trinajstić information content (AvgIpc) is 3.26. The van der Waals surface area contributed by atoms with Crippen LogP contribution in [0.25, 0.3) is 27.8 Å². The Bertz CT molecular complexity index is 1540. The third-order valence-corrected chi connectivity index (χ3v) is 6.67. The normalized spacial score (nSPS) is 11.0. The molecule has 35 heavy (non-hydrogen) atoms. The molecule has 1 aromatic heterocycles. The Morgan fingerprint density at radius 2 is 1.69 bits per heavy atom. The molecule has 0 aliphatic heterocycles. The number of fused-ring (bicyclic) bond motifs is 1. The van der Waals surface area contributed by atoms with E-state index in [0.717, 1.165) is 33.3 Å². The maximum atomic E-state index is 12.8. The van der Waals surface area contributed by atoms with Gasteiger partial charge in [0.2, 0.25) is 5.91 Å². The molecule has 0 saturated heterocycles. The Morgan fingerprint density at radius 1 is 0.914 bits per heavy atom. The number of hydrogen-bond donors (Lipinski definition) is 2. The summed E-state index contributed by atoms with van der Waals surface area (Å²) in [5, 5.41) is 25.0. The average molecular weight is 481 g/mol. The second-order valence-electron chi connectivity index (χ2n) is 8.35. The number of hydrogen-bond acceptors (Lipinski definition) is 5. The number of phenols is 1. The largest absolute Gasteiger partial charge is 0.507 e. The number of aromatic nitrogens is 3. The van der Waals surface area contributed by atoms with E-state index in [9.17, 15) is 9.90 Å². The van der Waals surface area contributed by atoms with Crippen LogP contribution in [0.4, 0.5) is 5.69 Å². The maximum absolute atomic E-state index is 12.8.